The van der Waals surface area contributed by atoms with Crippen molar-refractivity contribution in [2.75, 3.05) is 18.1 Å². The number of benzene rings is 1. The van der Waals surface area contributed by atoms with Crippen LogP contribution in [0.3, 0.4) is 0 Å². The smallest absolute Gasteiger partial charge is 0.335 e. The maximum absolute atomic E-state index is 12.4. The lowest BCUT2D eigenvalue weighted by Gasteiger charge is -2.27. The van der Waals surface area contributed by atoms with E-state index in [-0.39, 0.29) is 29.0 Å². The van der Waals surface area contributed by atoms with E-state index in [4.69, 9.17) is 5.11 Å². The molecule has 1 amide bonds. The highest BCUT2D eigenvalue weighted by Gasteiger charge is 2.34. The van der Waals surface area contributed by atoms with Crippen molar-refractivity contribution in [3.05, 3.63) is 35.4 Å². The molecular weight excluding hydrogens is 294 g/mol. The third-order valence-corrected chi connectivity index (χ3v) is 5.38. The summed E-state index contributed by atoms with van der Waals surface area (Å²) in [4.78, 5) is 24.8. The van der Waals surface area contributed by atoms with Gasteiger partial charge < -0.3 is 10.0 Å². The first kappa shape index (κ1) is 15.5. The molecule has 0 spiro atoms. The molecule has 0 saturated carbocycles. The number of sulfone groups is 1. The number of nitrogens with zero attached hydrogens (tertiary/aromatic N) is 1. The van der Waals surface area contributed by atoms with Crippen LogP contribution in [0, 0.1) is 0 Å². The van der Waals surface area contributed by atoms with Crippen LogP contribution < -0.4 is 0 Å². The number of carbonyl (C=O) groups excluding carboxylic acids is 1. The largest absolute Gasteiger partial charge is 0.478 e. The molecule has 2 rings (SSSR count). The van der Waals surface area contributed by atoms with E-state index < -0.39 is 15.8 Å². The summed E-state index contributed by atoms with van der Waals surface area (Å²) in [5, 5.41) is 8.84. The fourth-order valence-corrected chi connectivity index (χ4v) is 4.24. The number of carboxylic acid groups (broad SMARTS) is 1. The summed E-state index contributed by atoms with van der Waals surface area (Å²) in [5.41, 5.74) is 0.476. The molecule has 1 heterocycles. The lowest BCUT2D eigenvalue weighted by molar-refractivity contribution is 0.0687. The highest BCUT2D eigenvalue weighted by atomic mass is 32.2. The number of amides is 1. The summed E-state index contributed by atoms with van der Waals surface area (Å²) < 4.78 is 23.1. The molecule has 6 nitrogen and oxygen atoms in total. The predicted octanol–water partition coefficient (Wildman–Crippen LogP) is 1.03. The van der Waals surface area contributed by atoms with Gasteiger partial charge in [0.2, 0.25) is 0 Å². The Balaban J connectivity index is 2.18. The molecule has 1 saturated heterocycles. The van der Waals surface area contributed by atoms with Crippen molar-refractivity contribution >= 4 is 21.7 Å². The number of aromatic carboxylic acids is 1. The number of carbonyl (C=O) groups is 2. The van der Waals surface area contributed by atoms with Crippen LogP contribution in [0.2, 0.25) is 0 Å². The second-order valence-electron chi connectivity index (χ2n) is 5.03. The van der Waals surface area contributed by atoms with Gasteiger partial charge in [-0.3, -0.25) is 4.79 Å². The van der Waals surface area contributed by atoms with Gasteiger partial charge >= 0.3 is 5.97 Å². The fourth-order valence-electron chi connectivity index (χ4n) is 2.51. The third-order valence-electron chi connectivity index (χ3n) is 3.63. The quantitative estimate of drug-likeness (QED) is 0.897. The van der Waals surface area contributed by atoms with E-state index in [1.165, 1.54) is 24.3 Å². The van der Waals surface area contributed by atoms with Crippen LogP contribution in [0.1, 0.15) is 34.1 Å². The zero-order valence-electron chi connectivity index (χ0n) is 11.7. The zero-order valence-corrected chi connectivity index (χ0v) is 12.5. The van der Waals surface area contributed by atoms with Gasteiger partial charge in [-0.15, -0.1) is 0 Å². The average molecular weight is 311 g/mol. The van der Waals surface area contributed by atoms with E-state index in [1.54, 1.807) is 11.8 Å². The molecule has 1 aromatic rings. The highest BCUT2D eigenvalue weighted by molar-refractivity contribution is 7.91. The van der Waals surface area contributed by atoms with E-state index in [1.807, 2.05) is 0 Å². The van der Waals surface area contributed by atoms with Crippen molar-refractivity contribution in [1.82, 2.24) is 4.90 Å². The number of carboxylic acids is 1. The first-order chi connectivity index (χ1) is 9.84. The molecule has 1 aliphatic heterocycles. The topological polar surface area (TPSA) is 91.8 Å². The maximum Gasteiger partial charge on any atom is 0.335 e. The molecule has 21 heavy (non-hydrogen) atoms. The Hall–Kier alpha value is -1.89. The molecule has 0 aromatic heterocycles. The monoisotopic (exact) mass is 311 g/mol. The van der Waals surface area contributed by atoms with Crippen LogP contribution >= 0.6 is 0 Å². The normalized spacial score (nSPS) is 20.1. The number of hydrogen-bond donors (Lipinski definition) is 1. The molecule has 0 radical (unpaired) electrons. The second-order valence-corrected chi connectivity index (χ2v) is 7.26. The van der Waals surface area contributed by atoms with Crippen molar-refractivity contribution in [3.63, 3.8) is 0 Å². The van der Waals surface area contributed by atoms with Crippen molar-refractivity contribution in [1.29, 1.82) is 0 Å². The van der Waals surface area contributed by atoms with Gasteiger partial charge in [-0.2, -0.15) is 0 Å². The Morgan fingerprint density at radius 3 is 2.24 bits per heavy atom. The minimum Gasteiger partial charge on any atom is -0.478 e. The number of rotatable bonds is 4. The van der Waals surface area contributed by atoms with Gasteiger partial charge in [0, 0.05) is 18.2 Å². The Labute approximate surface area is 123 Å². The van der Waals surface area contributed by atoms with Gasteiger partial charge in [-0.05, 0) is 37.6 Å². The molecule has 1 atom stereocenters. The van der Waals surface area contributed by atoms with Crippen LogP contribution in [-0.2, 0) is 9.84 Å². The van der Waals surface area contributed by atoms with Crippen LogP contribution in [0.5, 0.6) is 0 Å². The summed E-state index contributed by atoms with van der Waals surface area (Å²) in [7, 11) is -3.06. The zero-order chi connectivity index (χ0) is 15.6. The lowest BCUT2D eigenvalue weighted by Crippen LogP contribution is -2.40. The first-order valence-electron chi connectivity index (χ1n) is 6.69. The number of hydrogen-bond acceptors (Lipinski definition) is 4. The Morgan fingerprint density at radius 2 is 1.81 bits per heavy atom. The molecule has 1 aromatic carbocycles. The molecule has 1 unspecified atom stereocenters. The van der Waals surface area contributed by atoms with Crippen molar-refractivity contribution in [2.45, 2.75) is 19.4 Å². The standard InChI is InChI=1S/C14H17NO5S/c1-2-15(12-7-8-21(19,20)9-12)13(16)10-3-5-11(6-4-10)14(17)18/h3-6,12H,2,7-9H2,1H3,(H,17,18). The fraction of sp³-hybridized carbons (Fsp3) is 0.429. The van der Waals surface area contributed by atoms with E-state index in [2.05, 4.69) is 0 Å². The Kier molecular flexibility index (Phi) is 4.32. The van der Waals surface area contributed by atoms with Gasteiger partial charge in [0.25, 0.3) is 5.91 Å². The van der Waals surface area contributed by atoms with Gasteiger partial charge in [0.1, 0.15) is 0 Å². The molecular formula is C14H17NO5S. The van der Waals surface area contributed by atoms with E-state index in [0.717, 1.165) is 0 Å². The first-order valence-corrected chi connectivity index (χ1v) is 8.51. The molecule has 7 heteroatoms. The summed E-state index contributed by atoms with van der Waals surface area (Å²) in [6.07, 6.45) is 0.453. The van der Waals surface area contributed by atoms with Crippen LogP contribution in [-0.4, -0.2) is 54.4 Å². The van der Waals surface area contributed by atoms with Crippen LogP contribution in [0.4, 0.5) is 0 Å². The van der Waals surface area contributed by atoms with E-state index in [0.29, 0.717) is 18.5 Å². The Morgan fingerprint density at radius 1 is 1.24 bits per heavy atom. The molecule has 1 fully saturated rings. The molecule has 0 aliphatic carbocycles. The molecule has 1 N–H and O–H groups in total. The second kappa shape index (κ2) is 5.85. The van der Waals surface area contributed by atoms with Crippen molar-refractivity contribution in [3.8, 4) is 0 Å². The molecule has 0 bridgehead atoms. The van der Waals surface area contributed by atoms with Crippen molar-refractivity contribution in [2.24, 2.45) is 0 Å². The van der Waals surface area contributed by atoms with Crippen LogP contribution in [0.25, 0.3) is 0 Å². The summed E-state index contributed by atoms with van der Waals surface area (Å²) >= 11 is 0. The van der Waals surface area contributed by atoms with Crippen molar-refractivity contribution < 1.29 is 23.1 Å². The SMILES string of the molecule is CCN(C(=O)c1ccc(C(=O)O)cc1)C1CCS(=O)(=O)C1. The highest BCUT2D eigenvalue weighted by Crippen LogP contribution is 2.20. The maximum atomic E-state index is 12.4. The van der Waals surface area contributed by atoms with Gasteiger partial charge in [-0.1, -0.05) is 0 Å². The van der Waals surface area contributed by atoms with E-state index >= 15 is 0 Å². The summed E-state index contributed by atoms with van der Waals surface area (Å²) in [5.74, 6) is -1.21. The van der Waals surface area contributed by atoms with E-state index in [9.17, 15) is 18.0 Å². The molecule has 1 aliphatic rings. The van der Waals surface area contributed by atoms with Crippen LogP contribution in [0.15, 0.2) is 24.3 Å². The Bertz CT molecular complexity index is 650. The third kappa shape index (κ3) is 3.41. The predicted molar refractivity (Wildman–Crippen MR) is 77.2 cm³/mol. The average Bonchev–Trinajstić information content (AvgIpc) is 2.79. The lowest BCUT2D eigenvalue weighted by atomic mass is 10.1. The van der Waals surface area contributed by atoms with Gasteiger partial charge in [0.05, 0.1) is 17.1 Å². The molecule has 114 valence electrons. The minimum absolute atomic E-state index is 0.000209. The summed E-state index contributed by atoms with van der Waals surface area (Å²) in [6, 6.07) is 5.35. The summed E-state index contributed by atoms with van der Waals surface area (Å²) in [6.45, 7) is 2.22. The van der Waals surface area contributed by atoms with Gasteiger partial charge in [0.15, 0.2) is 9.84 Å². The minimum atomic E-state index is -3.06. The van der Waals surface area contributed by atoms with Gasteiger partial charge in [-0.25, -0.2) is 13.2 Å².